The minimum atomic E-state index is 0.425. The smallest absolute Gasteiger partial charge is 0.242 e. The van der Waals surface area contributed by atoms with Crippen LogP contribution in [0.5, 0.6) is 5.88 Å². The Morgan fingerprint density at radius 1 is 1.44 bits per heavy atom. The first-order chi connectivity index (χ1) is 8.81. The molecule has 0 bridgehead atoms. The summed E-state index contributed by atoms with van der Waals surface area (Å²) in [6, 6.07) is 0. The van der Waals surface area contributed by atoms with Crippen LogP contribution in [0.25, 0.3) is 0 Å². The first-order valence-corrected chi connectivity index (χ1v) is 6.36. The molecule has 6 heteroatoms. The van der Waals surface area contributed by atoms with Gasteiger partial charge in [0.2, 0.25) is 5.88 Å². The summed E-state index contributed by atoms with van der Waals surface area (Å²) < 4.78 is 10.8. The standard InChI is InChI=1S/C12H20N4O2/c1-2-18-12-10(13)11(15-8-16-12)14-5-6-17-7-9-3-4-9/h8-9H,2-7,13H2,1H3,(H,14,15,16). The predicted octanol–water partition coefficient (Wildman–Crippen LogP) is 1.30. The average Bonchev–Trinajstić information content (AvgIpc) is 3.17. The topological polar surface area (TPSA) is 82.3 Å². The van der Waals surface area contributed by atoms with Crippen LogP contribution in [0.4, 0.5) is 11.5 Å². The average molecular weight is 252 g/mol. The number of rotatable bonds is 8. The second kappa shape index (κ2) is 6.39. The highest BCUT2D eigenvalue weighted by Crippen LogP contribution is 2.28. The molecular formula is C12H20N4O2. The molecule has 0 aromatic carbocycles. The van der Waals surface area contributed by atoms with Gasteiger partial charge in [0.25, 0.3) is 0 Å². The van der Waals surface area contributed by atoms with E-state index in [-0.39, 0.29) is 0 Å². The fourth-order valence-electron chi connectivity index (χ4n) is 1.55. The first kappa shape index (κ1) is 12.9. The maximum absolute atomic E-state index is 5.89. The van der Waals surface area contributed by atoms with Gasteiger partial charge >= 0.3 is 0 Å². The molecule has 0 atom stereocenters. The molecule has 1 aromatic rings. The van der Waals surface area contributed by atoms with Gasteiger partial charge in [-0.15, -0.1) is 0 Å². The van der Waals surface area contributed by atoms with Crippen LogP contribution in [0.3, 0.4) is 0 Å². The number of anilines is 2. The Hall–Kier alpha value is -1.56. The van der Waals surface area contributed by atoms with Crippen molar-refractivity contribution in [2.45, 2.75) is 19.8 Å². The van der Waals surface area contributed by atoms with Crippen molar-refractivity contribution in [1.82, 2.24) is 9.97 Å². The zero-order valence-electron chi connectivity index (χ0n) is 10.7. The lowest BCUT2D eigenvalue weighted by Gasteiger charge is -2.11. The van der Waals surface area contributed by atoms with Crippen LogP contribution in [-0.4, -0.2) is 36.3 Å². The van der Waals surface area contributed by atoms with Crippen LogP contribution in [-0.2, 0) is 4.74 Å². The molecule has 0 saturated heterocycles. The Balaban J connectivity index is 1.75. The molecule has 0 unspecified atom stereocenters. The molecule has 18 heavy (non-hydrogen) atoms. The Morgan fingerprint density at radius 3 is 3.00 bits per heavy atom. The molecule has 0 radical (unpaired) electrons. The van der Waals surface area contributed by atoms with E-state index in [1.807, 2.05) is 6.92 Å². The zero-order valence-corrected chi connectivity index (χ0v) is 10.7. The summed E-state index contributed by atoms with van der Waals surface area (Å²) in [5.41, 5.74) is 6.33. The first-order valence-electron chi connectivity index (χ1n) is 6.36. The van der Waals surface area contributed by atoms with E-state index in [4.69, 9.17) is 15.2 Å². The van der Waals surface area contributed by atoms with Crippen molar-refractivity contribution >= 4 is 11.5 Å². The van der Waals surface area contributed by atoms with E-state index in [9.17, 15) is 0 Å². The van der Waals surface area contributed by atoms with E-state index in [1.54, 1.807) is 0 Å². The van der Waals surface area contributed by atoms with Gasteiger partial charge in [-0.25, -0.2) is 4.98 Å². The van der Waals surface area contributed by atoms with Crippen LogP contribution in [0.1, 0.15) is 19.8 Å². The van der Waals surface area contributed by atoms with E-state index in [1.165, 1.54) is 19.2 Å². The molecule has 0 amide bonds. The van der Waals surface area contributed by atoms with Crippen LogP contribution >= 0.6 is 0 Å². The van der Waals surface area contributed by atoms with E-state index >= 15 is 0 Å². The number of ether oxygens (including phenoxy) is 2. The molecule has 0 spiro atoms. The van der Waals surface area contributed by atoms with Crippen LogP contribution in [0.15, 0.2) is 6.33 Å². The largest absolute Gasteiger partial charge is 0.476 e. The van der Waals surface area contributed by atoms with E-state index in [2.05, 4.69) is 15.3 Å². The van der Waals surface area contributed by atoms with E-state index in [0.29, 0.717) is 37.1 Å². The quantitative estimate of drug-likeness (QED) is 0.678. The summed E-state index contributed by atoms with van der Waals surface area (Å²) in [7, 11) is 0. The Labute approximate surface area is 107 Å². The van der Waals surface area contributed by atoms with Gasteiger partial charge in [-0.1, -0.05) is 0 Å². The number of hydrogen-bond acceptors (Lipinski definition) is 6. The Bertz CT molecular complexity index is 382. The summed E-state index contributed by atoms with van der Waals surface area (Å²) in [6.45, 7) is 4.63. The summed E-state index contributed by atoms with van der Waals surface area (Å²) in [5.74, 6) is 1.82. The highest BCUT2D eigenvalue weighted by Gasteiger charge is 2.20. The highest BCUT2D eigenvalue weighted by atomic mass is 16.5. The lowest BCUT2D eigenvalue weighted by Crippen LogP contribution is -2.13. The van der Waals surface area contributed by atoms with Crippen molar-refractivity contribution in [3.05, 3.63) is 6.33 Å². The number of hydrogen-bond donors (Lipinski definition) is 2. The van der Waals surface area contributed by atoms with Gasteiger partial charge in [0, 0.05) is 13.2 Å². The van der Waals surface area contributed by atoms with Crippen LogP contribution < -0.4 is 15.8 Å². The van der Waals surface area contributed by atoms with Crippen molar-refractivity contribution in [3.63, 3.8) is 0 Å². The molecule has 2 rings (SSSR count). The zero-order chi connectivity index (χ0) is 12.8. The number of nitrogens with zero attached hydrogens (tertiary/aromatic N) is 2. The van der Waals surface area contributed by atoms with Crippen molar-refractivity contribution in [2.75, 3.05) is 37.4 Å². The molecule has 100 valence electrons. The Kier molecular flexibility index (Phi) is 4.58. The van der Waals surface area contributed by atoms with Gasteiger partial charge < -0.3 is 20.5 Å². The second-order valence-corrected chi connectivity index (χ2v) is 4.32. The van der Waals surface area contributed by atoms with E-state index in [0.717, 1.165) is 12.5 Å². The van der Waals surface area contributed by atoms with Crippen LogP contribution in [0.2, 0.25) is 0 Å². The molecule has 1 aliphatic carbocycles. The molecule has 0 aliphatic heterocycles. The van der Waals surface area contributed by atoms with Gasteiger partial charge in [-0.3, -0.25) is 0 Å². The van der Waals surface area contributed by atoms with Gasteiger partial charge in [-0.2, -0.15) is 4.98 Å². The van der Waals surface area contributed by atoms with Crippen molar-refractivity contribution in [2.24, 2.45) is 5.92 Å². The van der Waals surface area contributed by atoms with E-state index < -0.39 is 0 Å². The normalized spacial score (nSPS) is 14.5. The minimum absolute atomic E-state index is 0.425. The van der Waals surface area contributed by atoms with Crippen molar-refractivity contribution in [1.29, 1.82) is 0 Å². The summed E-state index contributed by atoms with van der Waals surface area (Å²) in [5, 5.41) is 3.12. The summed E-state index contributed by atoms with van der Waals surface area (Å²) >= 11 is 0. The third kappa shape index (κ3) is 3.73. The van der Waals surface area contributed by atoms with Gasteiger partial charge in [0.05, 0.1) is 13.2 Å². The van der Waals surface area contributed by atoms with Gasteiger partial charge in [-0.05, 0) is 25.7 Å². The highest BCUT2D eigenvalue weighted by molar-refractivity contribution is 5.66. The number of aromatic nitrogens is 2. The van der Waals surface area contributed by atoms with Crippen molar-refractivity contribution in [3.8, 4) is 5.88 Å². The summed E-state index contributed by atoms with van der Waals surface area (Å²) in [6.07, 6.45) is 4.06. The molecule has 1 saturated carbocycles. The molecule has 1 aliphatic rings. The number of nitrogens with one attached hydrogen (secondary N) is 1. The third-order valence-corrected chi connectivity index (χ3v) is 2.72. The number of nitrogens with two attached hydrogens (primary N) is 1. The van der Waals surface area contributed by atoms with Crippen molar-refractivity contribution < 1.29 is 9.47 Å². The monoisotopic (exact) mass is 252 g/mol. The second-order valence-electron chi connectivity index (χ2n) is 4.32. The molecular weight excluding hydrogens is 232 g/mol. The maximum atomic E-state index is 5.89. The van der Waals surface area contributed by atoms with Gasteiger partial charge in [0.1, 0.15) is 12.0 Å². The fraction of sp³-hybridized carbons (Fsp3) is 0.667. The lowest BCUT2D eigenvalue weighted by molar-refractivity contribution is 0.134. The number of nitrogen functional groups attached to an aromatic ring is 1. The fourth-order valence-corrected chi connectivity index (χ4v) is 1.55. The van der Waals surface area contributed by atoms with Crippen LogP contribution in [0, 0.1) is 5.92 Å². The molecule has 1 heterocycles. The molecule has 6 nitrogen and oxygen atoms in total. The summed E-state index contributed by atoms with van der Waals surface area (Å²) in [4.78, 5) is 8.06. The SMILES string of the molecule is CCOc1ncnc(NCCOCC2CC2)c1N. The van der Waals surface area contributed by atoms with Gasteiger partial charge in [0.15, 0.2) is 5.82 Å². The maximum Gasteiger partial charge on any atom is 0.242 e. The molecule has 3 N–H and O–H groups in total. The lowest BCUT2D eigenvalue weighted by atomic mass is 10.4. The third-order valence-electron chi connectivity index (χ3n) is 2.72. The molecule has 1 aromatic heterocycles. The minimum Gasteiger partial charge on any atom is -0.476 e. The Morgan fingerprint density at radius 2 is 2.28 bits per heavy atom. The predicted molar refractivity (Wildman–Crippen MR) is 69.6 cm³/mol. The molecule has 1 fully saturated rings.